The lowest BCUT2D eigenvalue weighted by Gasteiger charge is -2.22. The van der Waals surface area contributed by atoms with Crippen molar-refractivity contribution in [3.63, 3.8) is 0 Å². The Kier molecular flexibility index (Phi) is 4.19. The minimum absolute atomic E-state index is 0.0957. The third-order valence-corrected chi connectivity index (χ3v) is 3.08. The number of rotatable bonds is 3. The maximum atomic E-state index is 14.0. The van der Waals surface area contributed by atoms with Crippen LogP contribution in [0.5, 0.6) is 0 Å². The average Bonchev–Trinajstić information content (AvgIpc) is 2.86. The summed E-state index contributed by atoms with van der Waals surface area (Å²) >= 11 is 0. The van der Waals surface area contributed by atoms with E-state index in [0.717, 1.165) is 0 Å². The molecule has 1 aliphatic rings. The Morgan fingerprint density at radius 1 is 1.45 bits per heavy atom. The van der Waals surface area contributed by atoms with Crippen LogP contribution in [0.25, 0.3) is 0 Å². The maximum absolute atomic E-state index is 14.0. The van der Waals surface area contributed by atoms with Crippen LogP contribution in [0.4, 0.5) is 15.8 Å². The second-order valence-electron chi connectivity index (χ2n) is 4.45. The molecule has 102 valence electrons. The Morgan fingerprint density at radius 2 is 2.20 bits per heavy atom. The predicted octanol–water partition coefficient (Wildman–Crippen LogP) is 1.74. The largest absolute Gasteiger partial charge is 0.391 e. The maximum Gasteiger partial charge on any atom is 0.148 e. The first-order valence-electron chi connectivity index (χ1n) is 6.14. The molecule has 1 aliphatic heterocycles. The van der Waals surface area contributed by atoms with Crippen LogP contribution in [-0.4, -0.2) is 24.3 Å². The summed E-state index contributed by atoms with van der Waals surface area (Å²) in [7, 11) is 0. The predicted molar refractivity (Wildman–Crippen MR) is 72.2 cm³/mol. The molecular weight excluding hydrogens is 259 g/mol. The van der Waals surface area contributed by atoms with E-state index in [2.05, 4.69) is 5.32 Å². The molecule has 1 aromatic rings. The number of β-amino-alcohol motifs (C(OH)–C–C–N with tert-alkyl or cyclic N) is 1. The summed E-state index contributed by atoms with van der Waals surface area (Å²) in [6.45, 7) is 0.923. The van der Waals surface area contributed by atoms with Crippen molar-refractivity contribution in [3.05, 3.63) is 35.8 Å². The zero-order valence-corrected chi connectivity index (χ0v) is 10.7. The smallest absolute Gasteiger partial charge is 0.148 e. The average molecular weight is 272 g/mol. The van der Waals surface area contributed by atoms with Gasteiger partial charge in [-0.2, -0.15) is 10.5 Å². The third-order valence-electron chi connectivity index (χ3n) is 3.08. The van der Waals surface area contributed by atoms with Crippen molar-refractivity contribution >= 4 is 11.4 Å². The molecule has 1 heterocycles. The van der Waals surface area contributed by atoms with Crippen molar-refractivity contribution in [1.29, 1.82) is 10.5 Å². The number of nitrogens with zero attached hydrogens (tertiary/aromatic N) is 3. The van der Waals surface area contributed by atoms with Crippen molar-refractivity contribution in [2.75, 3.05) is 23.3 Å². The lowest BCUT2D eigenvalue weighted by Crippen LogP contribution is -2.23. The van der Waals surface area contributed by atoms with Gasteiger partial charge < -0.3 is 15.3 Å². The number of benzene rings is 1. The Hall–Kier alpha value is -2.57. The molecule has 0 amide bonds. The van der Waals surface area contributed by atoms with Gasteiger partial charge in [0.15, 0.2) is 0 Å². The number of aliphatic hydroxyl groups excluding tert-OH is 1. The van der Waals surface area contributed by atoms with Gasteiger partial charge >= 0.3 is 0 Å². The number of aliphatic hydroxyl groups is 1. The zero-order chi connectivity index (χ0) is 14.5. The van der Waals surface area contributed by atoms with E-state index in [1.165, 1.54) is 12.3 Å². The number of allylic oxidation sites excluding steroid dienone is 1. The van der Waals surface area contributed by atoms with Crippen molar-refractivity contribution in [1.82, 2.24) is 0 Å². The highest BCUT2D eigenvalue weighted by Gasteiger charge is 2.24. The van der Waals surface area contributed by atoms with Gasteiger partial charge in [0.05, 0.1) is 17.5 Å². The highest BCUT2D eigenvalue weighted by Crippen LogP contribution is 2.31. The number of nitrogens with one attached hydrogen (secondary N) is 1. The van der Waals surface area contributed by atoms with Crippen molar-refractivity contribution in [2.45, 2.75) is 12.5 Å². The molecule has 2 N–H and O–H groups in total. The van der Waals surface area contributed by atoms with E-state index < -0.39 is 11.9 Å². The summed E-state index contributed by atoms with van der Waals surface area (Å²) in [5.41, 5.74) is 0.708. The fourth-order valence-electron chi connectivity index (χ4n) is 2.14. The number of hydrogen-bond acceptors (Lipinski definition) is 5. The van der Waals surface area contributed by atoms with Crippen LogP contribution in [0.2, 0.25) is 0 Å². The standard InChI is InChI=1S/C14H13FN4O/c15-12-2-1-3-13(18-8-10(6-16)7-17)14(12)19-5-4-11(20)9-19/h1-3,8,11,18,20H,4-5,9H2. The van der Waals surface area contributed by atoms with Gasteiger partial charge in [0.2, 0.25) is 0 Å². The molecular formula is C14H13FN4O. The molecule has 2 rings (SSSR count). The molecule has 20 heavy (non-hydrogen) atoms. The first kappa shape index (κ1) is 13.9. The van der Waals surface area contributed by atoms with E-state index in [-0.39, 0.29) is 5.57 Å². The Bertz CT molecular complexity index is 599. The summed E-state index contributed by atoms with van der Waals surface area (Å²) in [5.74, 6) is -0.409. The van der Waals surface area contributed by atoms with Crippen LogP contribution in [0.15, 0.2) is 30.0 Å². The van der Waals surface area contributed by atoms with Crippen LogP contribution in [-0.2, 0) is 0 Å². The van der Waals surface area contributed by atoms with Gasteiger partial charge in [-0.1, -0.05) is 6.07 Å². The molecule has 1 fully saturated rings. The van der Waals surface area contributed by atoms with Crippen LogP contribution >= 0.6 is 0 Å². The van der Waals surface area contributed by atoms with Gasteiger partial charge in [-0.3, -0.25) is 0 Å². The molecule has 1 saturated heterocycles. The fraction of sp³-hybridized carbons (Fsp3) is 0.286. The van der Waals surface area contributed by atoms with Crippen LogP contribution in [0.1, 0.15) is 6.42 Å². The van der Waals surface area contributed by atoms with Gasteiger partial charge in [0.25, 0.3) is 0 Å². The van der Waals surface area contributed by atoms with Crippen LogP contribution in [0, 0.1) is 28.5 Å². The minimum Gasteiger partial charge on any atom is -0.391 e. The van der Waals surface area contributed by atoms with Gasteiger partial charge in [0.1, 0.15) is 23.5 Å². The quantitative estimate of drug-likeness (QED) is 0.819. The number of nitriles is 2. The molecule has 0 radical (unpaired) electrons. The van der Waals surface area contributed by atoms with E-state index in [9.17, 15) is 9.50 Å². The van der Waals surface area contributed by atoms with E-state index in [4.69, 9.17) is 10.5 Å². The van der Waals surface area contributed by atoms with E-state index in [1.807, 2.05) is 0 Å². The molecule has 0 spiro atoms. The second-order valence-corrected chi connectivity index (χ2v) is 4.45. The highest BCUT2D eigenvalue weighted by molar-refractivity contribution is 5.72. The van der Waals surface area contributed by atoms with E-state index >= 15 is 0 Å². The number of hydrogen-bond donors (Lipinski definition) is 2. The summed E-state index contributed by atoms with van der Waals surface area (Å²) in [4.78, 5) is 1.74. The normalized spacial score (nSPS) is 17.2. The summed E-state index contributed by atoms with van der Waals surface area (Å²) in [6, 6.07) is 7.98. The van der Waals surface area contributed by atoms with Crippen LogP contribution < -0.4 is 10.2 Å². The fourth-order valence-corrected chi connectivity index (χ4v) is 2.14. The molecule has 0 saturated carbocycles. The van der Waals surface area contributed by atoms with Crippen molar-refractivity contribution in [2.24, 2.45) is 0 Å². The number of anilines is 2. The Labute approximate surface area is 116 Å². The van der Waals surface area contributed by atoms with Crippen LogP contribution in [0.3, 0.4) is 0 Å². The molecule has 1 aromatic carbocycles. The monoisotopic (exact) mass is 272 g/mol. The molecule has 6 heteroatoms. The third kappa shape index (κ3) is 2.87. The molecule has 0 aliphatic carbocycles. The van der Waals surface area contributed by atoms with E-state index in [1.54, 1.807) is 29.2 Å². The topological polar surface area (TPSA) is 83.1 Å². The van der Waals surface area contributed by atoms with Gasteiger partial charge in [-0.25, -0.2) is 4.39 Å². The summed E-state index contributed by atoms with van der Waals surface area (Å²) in [5, 5.41) is 29.7. The summed E-state index contributed by atoms with van der Waals surface area (Å²) in [6.07, 6.45) is 1.36. The number of para-hydroxylation sites is 1. The number of halogens is 1. The first-order valence-corrected chi connectivity index (χ1v) is 6.14. The molecule has 0 bridgehead atoms. The highest BCUT2D eigenvalue weighted by atomic mass is 19.1. The summed E-state index contributed by atoms with van der Waals surface area (Å²) < 4.78 is 14.0. The lowest BCUT2D eigenvalue weighted by atomic mass is 10.2. The molecule has 1 atom stereocenters. The van der Waals surface area contributed by atoms with Gasteiger partial charge in [-0.15, -0.1) is 0 Å². The van der Waals surface area contributed by atoms with E-state index in [0.29, 0.717) is 30.9 Å². The molecule has 0 aromatic heterocycles. The van der Waals surface area contributed by atoms with Crippen molar-refractivity contribution < 1.29 is 9.50 Å². The molecule has 1 unspecified atom stereocenters. The van der Waals surface area contributed by atoms with Gasteiger partial charge in [-0.05, 0) is 18.6 Å². The minimum atomic E-state index is -0.466. The van der Waals surface area contributed by atoms with Crippen molar-refractivity contribution in [3.8, 4) is 12.1 Å². The lowest BCUT2D eigenvalue weighted by molar-refractivity contribution is 0.198. The Morgan fingerprint density at radius 3 is 2.80 bits per heavy atom. The zero-order valence-electron chi connectivity index (χ0n) is 10.7. The van der Waals surface area contributed by atoms with Gasteiger partial charge in [0, 0.05) is 19.3 Å². The first-order chi connectivity index (χ1) is 9.65. The Balaban J connectivity index is 2.30. The molecule has 5 nitrogen and oxygen atoms in total. The second kappa shape index (κ2) is 6.05. The SMILES string of the molecule is N#CC(C#N)=CNc1cccc(F)c1N1CCC(O)C1.